The number of unbranched alkanes of at least 4 members (excludes halogenated alkanes) is 17. The molecule has 0 amide bonds. The zero-order chi connectivity index (χ0) is 33.4. The predicted octanol–water partition coefficient (Wildman–Crippen LogP) is 8.11. The maximum atomic E-state index is 12.4. The van der Waals surface area contributed by atoms with Gasteiger partial charge in [0.1, 0.15) is 12.7 Å². The summed E-state index contributed by atoms with van der Waals surface area (Å²) in [4.78, 5) is 34.6. The molecule has 0 saturated heterocycles. The summed E-state index contributed by atoms with van der Waals surface area (Å²) in [5.74, 6) is -0.945. The van der Waals surface area contributed by atoms with E-state index < -0.39 is 51.8 Å². The first-order valence-corrected chi connectivity index (χ1v) is 19.1. The lowest BCUT2D eigenvalue weighted by Crippen LogP contribution is -2.29. The third-order valence-corrected chi connectivity index (χ3v) is 8.37. The standard InChI is InChI=1S/C34H65O10P/c1-3-5-7-9-11-13-14-15-16-18-19-21-23-25-33(37)41-29-32(30-43-45(39,40)42-28-31(36)27-35)44-34(38)26-24-22-20-17-12-10-8-6-4-2/h15-16,31-32,35-36H,3-14,17-30H2,1-2H3,(H,39,40)/b16-15+/t31-,32+/m0/s1. The molecule has 0 spiro atoms. The number of allylic oxidation sites excluding steroid dienone is 2. The molecule has 266 valence electrons. The predicted molar refractivity (Wildman–Crippen MR) is 178 cm³/mol. The van der Waals surface area contributed by atoms with E-state index in [1.54, 1.807) is 0 Å². The van der Waals surface area contributed by atoms with Crippen LogP contribution in [0.15, 0.2) is 12.2 Å². The van der Waals surface area contributed by atoms with E-state index >= 15 is 0 Å². The highest BCUT2D eigenvalue weighted by Crippen LogP contribution is 2.43. The summed E-state index contributed by atoms with van der Waals surface area (Å²) in [5, 5.41) is 18.2. The molecule has 11 heteroatoms. The van der Waals surface area contributed by atoms with Crippen molar-refractivity contribution in [2.75, 3.05) is 26.4 Å². The van der Waals surface area contributed by atoms with Gasteiger partial charge in [0.05, 0.1) is 19.8 Å². The van der Waals surface area contributed by atoms with Gasteiger partial charge < -0.3 is 24.6 Å². The van der Waals surface area contributed by atoms with Crippen molar-refractivity contribution in [2.24, 2.45) is 0 Å². The number of hydrogen-bond donors (Lipinski definition) is 3. The second-order valence-corrected chi connectivity index (χ2v) is 13.4. The van der Waals surface area contributed by atoms with Crippen molar-refractivity contribution >= 4 is 19.8 Å². The van der Waals surface area contributed by atoms with Gasteiger partial charge in [0.25, 0.3) is 0 Å². The minimum absolute atomic E-state index is 0.184. The zero-order valence-electron chi connectivity index (χ0n) is 28.3. The number of rotatable bonds is 33. The maximum Gasteiger partial charge on any atom is 0.472 e. The van der Waals surface area contributed by atoms with Crippen molar-refractivity contribution in [3.8, 4) is 0 Å². The lowest BCUT2D eigenvalue weighted by molar-refractivity contribution is -0.161. The largest absolute Gasteiger partial charge is 0.472 e. The average molecular weight is 665 g/mol. The number of aliphatic hydroxyl groups is 2. The summed E-state index contributed by atoms with van der Waals surface area (Å²) in [5.41, 5.74) is 0. The van der Waals surface area contributed by atoms with Crippen molar-refractivity contribution in [3.63, 3.8) is 0 Å². The molecular weight excluding hydrogens is 599 g/mol. The summed E-state index contributed by atoms with van der Waals surface area (Å²) in [7, 11) is -4.60. The Labute approximate surface area is 273 Å². The van der Waals surface area contributed by atoms with E-state index in [1.807, 2.05) is 0 Å². The van der Waals surface area contributed by atoms with Crippen LogP contribution in [0.1, 0.15) is 155 Å². The third kappa shape index (κ3) is 31.1. The van der Waals surface area contributed by atoms with E-state index in [0.29, 0.717) is 12.8 Å². The Hall–Kier alpha value is -1.29. The molecule has 0 heterocycles. The van der Waals surface area contributed by atoms with Crippen LogP contribution in [0.2, 0.25) is 0 Å². The van der Waals surface area contributed by atoms with Crippen LogP contribution in [0.3, 0.4) is 0 Å². The minimum Gasteiger partial charge on any atom is -0.462 e. The Morgan fingerprint density at radius 1 is 0.644 bits per heavy atom. The number of phosphoric ester groups is 1. The molecule has 0 aliphatic rings. The molecule has 0 radical (unpaired) electrons. The fraction of sp³-hybridized carbons (Fsp3) is 0.882. The topological polar surface area (TPSA) is 149 Å². The average Bonchev–Trinajstić information content (AvgIpc) is 3.02. The first kappa shape index (κ1) is 43.7. The van der Waals surface area contributed by atoms with Crippen molar-refractivity contribution in [3.05, 3.63) is 12.2 Å². The van der Waals surface area contributed by atoms with Crippen LogP contribution in [-0.2, 0) is 32.7 Å². The molecule has 0 aromatic heterocycles. The summed E-state index contributed by atoms with van der Waals surface area (Å²) >= 11 is 0. The smallest absolute Gasteiger partial charge is 0.462 e. The van der Waals surface area contributed by atoms with Gasteiger partial charge in [0.2, 0.25) is 0 Å². The molecule has 0 aliphatic heterocycles. The molecule has 0 aliphatic carbocycles. The lowest BCUT2D eigenvalue weighted by atomic mass is 10.1. The number of carbonyl (C=O) groups excluding carboxylic acids is 2. The third-order valence-electron chi connectivity index (χ3n) is 7.42. The van der Waals surface area contributed by atoms with Gasteiger partial charge in [-0.15, -0.1) is 0 Å². The quantitative estimate of drug-likeness (QED) is 0.0272. The van der Waals surface area contributed by atoms with Gasteiger partial charge in [-0.1, -0.05) is 116 Å². The highest BCUT2D eigenvalue weighted by atomic mass is 31.2. The Kier molecular flexibility index (Phi) is 30.4. The van der Waals surface area contributed by atoms with Gasteiger partial charge >= 0.3 is 19.8 Å². The molecular formula is C34H65O10P. The van der Waals surface area contributed by atoms with Gasteiger partial charge in [-0.2, -0.15) is 0 Å². The van der Waals surface area contributed by atoms with Crippen LogP contribution >= 0.6 is 7.82 Å². The van der Waals surface area contributed by atoms with E-state index in [9.17, 15) is 24.2 Å². The minimum atomic E-state index is -4.60. The molecule has 0 aromatic rings. The monoisotopic (exact) mass is 664 g/mol. The number of ether oxygens (including phenoxy) is 2. The normalized spacial score (nSPS) is 14.3. The Balaban J connectivity index is 4.41. The molecule has 3 atom stereocenters. The van der Waals surface area contributed by atoms with E-state index in [0.717, 1.165) is 44.9 Å². The first-order valence-electron chi connectivity index (χ1n) is 17.6. The molecule has 1 unspecified atom stereocenters. The molecule has 45 heavy (non-hydrogen) atoms. The molecule has 0 fully saturated rings. The van der Waals surface area contributed by atoms with Crippen LogP contribution in [0.5, 0.6) is 0 Å². The zero-order valence-corrected chi connectivity index (χ0v) is 29.2. The van der Waals surface area contributed by atoms with Crippen LogP contribution in [0.25, 0.3) is 0 Å². The number of phosphoric acid groups is 1. The van der Waals surface area contributed by atoms with Crippen LogP contribution in [0, 0.1) is 0 Å². The van der Waals surface area contributed by atoms with Crippen molar-refractivity contribution in [1.29, 1.82) is 0 Å². The molecule has 10 nitrogen and oxygen atoms in total. The first-order chi connectivity index (χ1) is 21.7. The van der Waals surface area contributed by atoms with E-state index in [2.05, 4.69) is 30.5 Å². The van der Waals surface area contributed by atoms with Crippen molar-refractivity contribution < 1.29 is 47.8 Å². The lowest BCUT2D eigenvalue weighted by Gasteiger charge is -2.20. The Bertz CT molecular complexity index is 776. The summed E-state index contributed by atoms with van der Waals surface area (Å²) in [6.45, 7) is 2.31. The summed E-state index contributed by atoms with van der Waals surface area (Å²) in [6.07, 6.45) is 24.8. The summed E-state index contributed by atoms with van der Waals surface area (Å²) < 4.78 is 32.4. The van der Waals surface area contributed by atoms with Gasteiger partial charge in [-0.3, -0.25) is 18.6 Å². The molecule has 3 N–H and O–H groups in total. The van der Waals surface area contributed by atoms with Crippen LogP contribution in [0.4, 0.5) is 0 Å². The van der Waals surface area contributed by atoms with E-state index in [1.165, 1.54) is 70.6 Å². The fourth-order valence-electron chi connectivity index (χ4n) is 4.63. The van der Waals surface area contributed by atoms with E-state index in [4.69, 9.17) is 19.1 Å². The summed E-state index contributed by atoms with van der Waals surface area (Å²) in [6, 6.07) is 0. The number of carbonyl (C=O) groups is 2. The van der Waals surface area contributed by atoms with Crippen molar-refractivity contribution in [2.45, 2.75) is 167 Å². The van der Waals surface area contributed by atoms with Gasteiger partial charge in [-0.25, -0.2) is 4.57 Å². The second-order valence-electron chi connectivity index (χ2n) is 11.9. The Morgan fingerprint density at radius 2 is 1.09 bits per heavy atom. The maximum absolute atomic E-state index is 12.4. The highest BCUT2D eigenvalue weighted by molar-refractivity contribution is 7.47. The van der Waals surface area contributed by atoms with E-state index in [-0.39, 0.29) is 19.4 Å². The second kappa shape index (κ2) is 31.3. The van der Waals surface area contributed by atoms with Crippen molar-refractivity contribution in [1.82, 2.24) is 0 Å². The Morgan fingerprint density at radius 3 is 1.62 bits per heavy atom. The van der Waals surface area contributed by atoms with Crippen LogP contribution in [-0.4, -0.2) is 65.7 Å². The van der Waals surface area contributed by atoms with Gasteiger partial charge in [-0.05, 0) is 38.5 Å². The SMILES string of the molecule is CCCCCCCC/C=C/CCCCCC(=O)OC[C@H](COP(=O)(O)OC[C@@H](O)CO)OC(=O)CCCCCCCCCCC. The molecule has 0 aromatic carbocycles. The molecule has 0 rings (SSSR count). The molecule has 0 saturated carbocycles. The highest BCUT2D eigenvalue weighted by Gasteiger charge is 2.27. The molecule has 0 bridgehead atoms. The number of hydrogen-bond acceptors (Lipinski definition) is 9. The fourth-order valence-corrected chi connectivity index (χ4v) is 5.42. The number of aliphatic hydroxyl groups excluding tert-OH is 2. The van der Waals surface area contributed by atoms with Gasteiger partial charge in [0, 0.05) is 12.8 Å². The van der Waals surface area contributed by atoms with Gasteiger partial charge in [0.15, 0.2) is 6.10 Å². The number of esters is 2. The van der Waals surface area contributed by atoms with Crippen LogP contribution < -0.4 is 0 Å².